The number of hydrogen-bond acceptors (Lipinski definition) is 3. The van der Waals surface area contributed by atoms with E-state index in [4.69, 9.17) is 0 Å². The number of rotatable bonds is 5. The second-order valence-electron chi connectivity index (χ2n) is 5.41. The number of carbonyl (C=O) groups excluding carboxylic acids is 1. The first-order chi connectivity index (χ1) is 11.0. The molecule has 23 heavy (non-hydrogen) atoms. The van der Waals surface area contributed by atoms with E-state index in [1.165, 1.54) is 18.2 Å². The van der Waals surface area contributed by atoms with Crippen molar-refractivity contribution in [3.63, 3.8) is 0 Å². The molecule has 0 fully saturated rings. The van der Waals surface area contributed by atoms with E-state index in [1.807, 2.05) is 24.3 Å². The number of nitro groups is 1. The molecule has 0 bridgehead atoms. The SMILES string of the molecule is CC(C)c1ccccc1NC(=O)/C=C/c1ccc([N+](=O)[O-])cc1. The Kier molecular flexibility index (Phi) is 5.25. The van der Waals surface area contributed by atoms with E-state index < -0.39 is 4.92 Å². The van der Waals surface area contributed by atoms with E-state index in [-0.39, 0.29) is 11.6 Å². The van der Waals surface area contributed by atoms with Crippen LogP contribution in [0.3, 0.4) is 0 Å². The maximum absolute atomic E-state index is 12.0. The van der Waals surface area contributed by atoms with Gasteiger partial charge in [-0.2, -0.15) is 0 Å². The Morgan fingerprint density at radius 3 is 2.39 bits per heavy atom. The van der Waals surface area contributed by atoms with Gasteiger partial charge in [-0.05, 0) is 41.3 Å². The Bertz CT molecular complexity index is 734. The van der Waals surface area contributed by atoms with E-state index in [0.717, 1.165) is 16.8 Å². The molecule has 2 aromatic rings. The molecule has 0 saturated heterocycles. The fraction of sp³-hybridized carbons (Fsp3) is 0.167. The fourth-order valence-corrected chi connectivity index (χ4v) is 2.17. The first-order valence-electron chi connectivity index (χ1n) is 7.30. The summed E-state index contributed by atoms with van der Waals surface area (Å²) in [6.07, 6.45) is 3.04. The highest BCUT2D eigenvalue weighted by atomic mass is 16.6. The predicted octanol–water partition coefficient (Wildman–Crippen LogP) is 4.37. The van der Waals surface area contributed by atoms with Crippen LogP contribution in [0.5, 0.6) is 0 Å². The molecule has 0 radical (unpaired) electrons. The Morgan fingerprint density at radius 1 is 1.13 bits per heavy atom. The van der Waals surface area contributed by atoms with Crippen LogP contribution >= 0.6 is 0 Å². The lowest BCUT2D eigenvalue weighted by Crippen LogP contribution is -2.10. The van der Waals surface area contributed by atoms with Crippen LogP contribution in [-0.2, 0) is 4.79 Å². The van der Waals surface area contributed by atoms with Gasteiger partial charge in [0.1, 0.15) is 0 Å². The molecule has 0 aliphatic heterocycles. The summed E-state index contributed by atoms with van der Waals surface area (Å²) < 4.78 is 0. The molecule has 0 aromatic heterocycles. The second kappa shape index (κ2) is 7.35. The maximum atomic E-state index is 12.0. The molecule has 0 saturated carbocycles. The summed E-state index contributed by atoms with van der Waals surface area (Å²) >= 11 is 0. The molecule has 0 aliphatic carbocycles. The third kappa shape index (κ3) is 4.51. The topological polar surface area (TPSA) is 72.2 Å². The zero-order valence-electron chi connectivity index (χ0n) is 13.0. The standard InChI is InChI=1S/C18H18N2O3/c1-13(2)16-5-3-4-6-17(16)19-18(21)12-9-14-7-10-15(11-8-14)20(22)23/h3-13H,1-2H3,(H,19,21)/b12-9+. The van der Waals surface area contributed by atoms with Crippen molar-refractivity contribution < 1.29 is 9.72 Å². The molecule has 0 unspecified atom stereocenters. The highest BCUT2D eigenvalue weighted by Gasteiger charge is 2.07. The van der Waals surface area contributed by atoms with Gasteiger partial charge in [0, 0.05) is 23.9 Å². The van der Waals surface area contributed by atoms with Gasteiger partial charge >= 0.3 is 0 Å². The van der Waals surface area contributed by atoms with Gasteiger partial charge in [-0.1, -0.05) is 32.0 Å². The van der Waals surface area contributed by atoms with Gasteiger partial charge in [0.15, 0.2) is 0 Å². The Hall–Kier alpha value is -2.95. The average Bonchev–Trinajstić information content (AvgIpc) is 2.53. The molecule has 5 heteroatoms. The van der Waals surface area contributed by atoms with Crippen molar-refractivity contribution in [2.24, 2.45) is 0 Å². The van der Waals surface area contributed by atoms with E-state index in [9.17, 15) is 14.9 Å². The van der Waals surface area contributed by atoms with Crippen molar-refractivity contribution in [1.29, 1.82) is 0 Å². The molecule has 1 N–H and O–H groups in total. The van der Waals surface area contributed by atoms with Crippen molar-refractivity contribution in [1.82, 2.24) is 0 Å². The first-order valence-corrected chi connectivity index (χ1v) is 7.30. The molecule has 0 spiro atoms. The van der Waals surface area contributed by atoms with Crippen LogP contribution in [0, 0.1) is 10.1 Å². The zero-order valence-corrected chi connectivity index (χ0v) is 13.0. The van der Waals surface area contributed by atoms with Gasteiger partial charge in [0.25, 0.3) is 5.69 Å². The third-order valence-electron chi connectivity index (χ3n) is 3.37. The van der Waals surface area contributed by atoms with Crippen molar-refractivity contribution in [2.45, 2.75) is 19.8 Å². The summed E-state index contributed by atoms with van der Waals surface area (Å²) in [5.74, 6) is 0.0709. The summed E-state index contributed by atoms with van der Waals surface area (Å²) in [7, 11) is 0. The van der Waals surface area contributed by atoms with Crippen LogP contribution in [0.1, 0.15) is 30.9 Å². The van der Waals surface area contributed by atoms with Crippen LogP contribution < -0.4 is 5.32 Å². The molecular formula is C18H18N2O3. The van der Waals surface area contributed by atoms with Crippen LogP contribution in [0.15, 0.2) is 54.6 Å². The number of hydrogen-bond donors (Lipinski definition) is 1. The number of carbonyl (C=O) groups is 1. The lowest BCUT2D eigenvalue weighted by molar-refractivity contribution is -0.384. The number of amides is 1. The van der Waals surface area contributed by atoms with Crippen LogP contribution in [-0.4, -0.2) is 10.8 Å². The lowest BCUT2D eigenvalue weighted by atomic mass is 10.0. The van der Waals surface area contributed by atoms with E-state index in [2.05, 4.69) is 19.2 Å². The van der Waals surface area contributed by atoms with Gasteiger partial charge in [-0.15, -0.1) is 0 Å². The van der Waals surface area contributed by atoms with E-state index in [1.54, 1.807) is 18.2 Å². The van der Waals surface area contributed by atoms with Gasteiger partial charge in [-0.3, -0.25) is 14.9 Å². The Labute approximate surface area is 134 Å². The number of anilines is 1. The van der Waals surface area contributed by atoms with Crippen molar-refractivity contribution >= 4 is 23.4 Å². The summed E-state index contributed by atoms with van der Waals surface area (Å²) in [6, 6.07) is 13.7. The summed E-state index contributed by atoms with van der Waals surface area (Å²) in [5, 5.41) is 13.4. The number of non-ortho nitro benzene ring substituents is 1. The maximum Gasteiger partial charge on any atom is 0.269 e. The first kappa shape index (κ1) is 16.4. The molecular weight excluding hydrogens is 292 g/mol. The van der Waals surface area contributed by atoms with Crippen LogP contribution in [0.2, 0.25) is 0 Å². The molecule has 0 aliphatic rings. The highest BCUT2D eigenvalue weighted by molar-refractivity contribution is 6.02. The monoisotopic (exact) mass is 310 g/mol. The number of nitrogens with zero attached hydrogens (tertiary/aromatic N) is 1. The van der Waals surface area contributed by atoms with Crippen molar-refractivity contribution in [2.75, 3.05) is 5.32 Å². The quantitative estimate of drug-likeness (QED) is 0.506. The van der Waals surface area contributed by atoms with Crippen molar-refractivity contribution in [3.05, 3.63) is 75.8 Å². The van der Waals surface area contributed by atoms with Gasteiger partial charge in [0.05, 0.1) is 4.92 Å². The molecule has 2 aromatic carbocycles. The lowest BCUT2D eigenvalue weighted by Gasteiger charge is -2.12. The summed E-state index contributed by atoms with van der Waals surface area (Å²) in [6.45, 7) is 4.13. The molecule has 0 atom stereocenters. The highest BCUT2D eigenvalue weighted by Crippen LogP contribution is 2.23. The summed E-state index contributed by atoms with van der Waals surface area (Å²) in [4.78, 5) is 22.2. The van der Waals surface area contributed by atoms with E-state index >= 15 is 0 Å². The minimum absolute atomic E-state index is 0.0254. The average molecular weight is 310 g/mol. The normalized spacial score (nSPS) is 10.9. The minimum atomic E-state index is -0.455. The smallest absolute Gasteiger partial charge is 0.269 e. The molecule has 5 nitrogen and oxygen atoms in total. The van der Waals surface area contributed by atoms with Gasteiger partial charge in [-0.25, -0.2) is 0 Å². The number of benzene rings is 2. The number of nitrogens with one attached hydrogen (secondary N) is 1. The van der Waals surface area contributed by atoms with Crippen molar-refractivity contribution in [3.8, 4) is 0 Å². The van der Waals surface area contributed by atoms with Crippen LogP contribution in [0.25, 0.3) is 6.08 Å². The van der Waals surface area contributed by atoms with Gasteiger partial charge in [0.2, 0.25) is 5.91 Å². The molecule has 2 rings (SSSR count). The number of para-hydroxylation sites is 1. The van der Waals surface area contributed by atoms with Crippen LogP contribution in [0.4, 0.5) is 11.4 Å². The Morgan fingerprint density at radius 2 is 1.78 bits per heavy atom. The van der Waals surface area contributed by atoms with Gasteiger partial charge < -0.3 is 5.32 Å². The summed E-state index contributed by atoms with van der Waals surface area (Å²) in [5.41, 5.74) is 2.62. The zero-order chi connectivity index (χ0) is 16.8. The number of nitro benzene ring substituents is 1. The molecule has 0 heterocycles. The molecule has 1 amide bonds. The van der Waals surface area contributed by atoms with E-state index in [0.29, 0.717) is 5.92 Å². The fourth-order valence-electron chi connectivity index (χ4n) is 2.17. The second-order valence-corrected chi connectivity index (χ2v) is 5.41. The molecule has 118 valence electrons. The third-order valence-corrected chi connectivity index (χ3v) is 3.37. The predicted molar refractivity (Wildman–Crippen MR) is 91.3 cm³/mol. The minimum Gasteiger partial charge on any atom is -0.322 e. The Balaban J connectivity index is 2.06. The largest absolute Gasteiger partial charge is 0.322 e.